The normalized spacial score (nSPS) is 10.6. The molecule has 2 N–H and O–H groups in total. The molecule has 0 aliphatic carbocycles. The summed E-state index contributed by atoms with van der Waals surface area (Å²) in [5.41, 5.74) is 5.43. The Labute approximate surface area is 174 Å². The summed E-state index contributed by atoms with van der Waals surface area (Å²) in [4.78, 5) is 21.6. The lowest BCUT2D eigenvalue weighted by Crippen LogP contribution is -2.12. The minimum absolute atomic E-state index is 0.230. The maximum absolute atomic E-state index is 12.8. The molecular weight excluding hydrogens is 376 g/mol. The predicted molar refractivity (Wildman–Crippen MR) is 117 cm³/mol. The lowest BCUT2D eigenvalue weighted by molar-refractivity contribution is 0.102. The summed E-state index contributed by atoms with van der Waals surface area (Å²) in [7, 11) is 0. The first kappa shape index (κ1) is 19.3. The third kappa shape index (κ3) is 4.35. The summed E-state index contributed by atoms with van der Waals surface area (Å²) in [6.07, 6.45) is 1.66. The quantitative estimate of drug-likeness (QED) is 0.514. The number of carbonyl (C=O) groups excluding carboxylic acids is 1. The number of anilines is 3. The third-order valence-corrected chi connectivity index (χ3v) is 4.52. The molecule has 2 aromatic carbocycles. The highest BCUT2D eigenvalue weighted by Gasteiger charge is 2.16. The number of nitrogens with one attached hydrogen (secondary N) is 2. The molecule has 0 fully saturated rings. The smallest absolute Gasteiger partial charge is 0.259 e. The number of aromatic nitrogens is 4. The Morgan fingerprint density at radius 3 is 2.10 bits per heavy atom. The van der Waals surface area contributed by atoms with Crippen molar-refractivity contribution in [3.8, 4) is 5.95 Å². The Kier molecular flexibility index (Phi) is 5.26. The van der Waals surface area contributed by atoms with Gasteiger partial charge in [-0.15, -0.1) is 0 Å². The highest BCUT2D eigenvalue weighted by molar-refractivity contribution is 6.05. The van der Waals surface area contributed by atoms with Gasteiger partial charge in [0.1, 0.15) is 0 Å². The zero-order valence-electron chi connectivity index (χ0n) is 17.0. The number of rotatable bonds is 5. The SMILES string of the molecule is Cc1cc(C)nc(-n2cc(C(=O)Nc3ccc(Nc4ccccc4)cc3)c(C)n2)n1. The van der Waals surface area contributed by atoms with Crippen LogP contribution in [0.3, 0.4) is 0 Å². The van der Waals surface area contributed by atoms with Gasteiger partial charge in [-0.05, 0) is 63.2 Å². The number of amides is 1. The fraction of sp³-hybridized carbons (Fsp3) is 0.130. The molecule has 2 aromatic heterocycles. The van der Waals surface area contributed by atoms with E-state index in [1.165, 1.54) is 4.68 Å². The lowest BCUT2D eigenvalue weighted by Gasteiger charge is -2.08. The van der Waals surface area contributed by atoms with Crippen molar-refractivity contribution in [2.75, 3.05) is 10.6 Å². The van der Waals surface area contributed by atoms with Crippen molar-refractivity contribution in [1.82, 2.24) is 19.7 Å². The summed E-state index contributed by atoms with van der Waals surface area (Å²) in [5, 5.41) is 10.6. The summed E-state index contributed by atoms with van der Waals surface area (Å²) in [5.74, 6) is 0.220. The molecule has 4 aromatic rings. The van der Waals surface area contributed by atoms with E-state index in [0.717, 1.165) is 22.8 Å². The van der Waals surface area contributed by atoms with Crippen LogP contribution in [0.1, 0.15) is 27.4 Å². The van der Waals surface area contributed by atoms with Gasteiger partial charge in [-0.25, -0.2) is 14.6 Å². The average molecular weight is 398 g/mol. The Bertz CT molecular complexity index is 1160. The van der Waals surface area contributed by atoms with Gasteiger partial charge in [-0.1, -0.05) is 18.2 Å². The van der Waals surface area contributed by atoms with E-state index in [4.69, 9.17) is 0 Å². The number of nitrogens with zero attached hydrogens (tertiary/aromatic N) is 4. The number of carbonyl (C=O) groups is 1. The molecule has 0 saturated heterocycles. The molecule has 0 bridgehead atoms. The van der Waals surface area contributed by atoms with Crippen LogP contribution in [0, 0.1) is 20.8 Å². The Morgan fingerprint density at radius 1 is 0.833 bits per heavy atom. The summed E-state index contributed by atoms with van der Waals surface area (Å²) >= 11 is 0. The molecule has 30 heavy (non-hydrogen) atoms. The van der Waals surface area contributed by atoms with Crippen molar-refractivity contribution in [2.24, 2.45) is 0 Å². The van der Waals surface area contributed by atoms with Gasteiger partial charge in [0.2, 0.25) is 0 Å². The third-order valence-electron chi connectivity index (χ3n) is 4.52. The molecule has 0 atom stereocenters. The number of benzene rings is 2. The van der Waals surface area contributed by atoms with Gasteiger partial charge >= 0.3 is 0 Å². The van der Waals surface area contributed by atoms with E-state index in [1.807, 2.05) is 74.5 Å². The number of aryl methyl sites for hydroxylation is 3. The molecule has 150 valence electrons. The molecule has 0 unspecified atom stereocenters. The standard InChI is InChI=1S/C23H22N6O/c1-15-13-16(2)25-23(24-15)29-14-21(17(3)28-29)22(30)27-20-11-9-19(10-12-20)26-18-7-5-4-6-8-18/h4-14,26H,1-3H3,(H,27,30). The largest absolute Gasteiger partial charge is 0.356 e. The van der Waals surface area contributed by atoms with Crippen LogP contribution < -0.4 is 10.6 Å². The second-order valence-corrected chi connectivity index (χ2v) is 7.05. The molecule has 1 amide bonds. The van der Waals surface area contributed by atoms with E-state index in [0.29, 0.717) is 22.9 Å². The van der Waals surface area contributed by atoms with Crippen LogP contribution in [0.15, 0.2) is 66.9 Å². The van der Waals surface area contributed by atoms with Gasteiger partial charge < -0.3 is 10.6 Å². The van der Waals surface area contributed by atoms with Crippen LogP contribution in [0.25, 0.3) is 5.95 Å². The van der Waals surface area contributed by atoms with Crippen molar-refractivity contribution < 1.29 is 4.79 Å². The number of para-hydroxylation sites is 1. The van der Waals surface area contributed by atoms with E-state index >= 15 is 0 Å². The van der Waals surface area contributed by atoms with E-state index in [1.54, 1.807) is 13.1 Å². The molecule has 0 spiro atoms. The second kappa shape index (κ2) is 8.16. The van der Waals surface area contributed by atoms with E-state index in [-0.39, 0.29) is 5.91 Å². The van der Waals surface area contributed by atoms with Crippen molar-refractivity contribution in [3.63, 3.8) is 0 Å². The highest BCUT2D eigenvalue weighted by Crippen LogP contribution is 2.20. The molecule has 4 rings (SSSR count). The van der Waals surface area contributed by atoms with E-state index in [2.05, 4.69) is 25.7 Å². The second-order valence-electron chi connectivity index (χ2n) is 7.05. The summed E-state index contributed by atoms with van der Waals surface area (Å²) in [6.45, 7) is 5.60. The molecule has 0 aliphatic rings. The zero-order valence-corrected chi connectivity index (χ0v) is 17.0. The predicted octanol–water partition coefficient (Wildman–Crippen LogP) is 4.58. The highest BCUT2D eigenvalue weighted by atomic mass is 16.1. The Balaban J connectivity index is 1.48. The first-order chi connectivity index (χ1) is 14.5. The van der Waals surface area contributed by atoms with Crippen LogP contribution in [0.5, 0.6) is 0 Å². The monoisotopic (exact) mass is 398 g/mol. The summed E-state index contributed by atoms with van der Waals surface area (Å²) in [6, 6.07) is 19.4. The van der Waals surface area contributed by atoms with Crippen LogP contribution in [-0.4, -0.2) is 25.7 Å². The molecule has 0 saturated carbocycles. The van der Waals surface area contributed by atoms with Crippen LogP contribution in [-0.2, 0) is 0 Å². The fourth-order valence-electron chi connectivity index (χ4n) is 3.12. The Morgan fingerprint density at radius 2 is 1.43 bits per heavy atom. The lowest BCUT2D eigenvalue weighted by atomic mass is 10.2. The van der Waals surface area contributed by atoms with E-state index in [9.17, 15) is 4.79 Å². The van der Waals surface area contributed by atoms with Crippen molar-refractivity contribution in [3.05, 3.63) is 89.5 Å². The van der Waals surface area contributed by atoms with Gasteiger partial charge in [0.25, 0.3) is 11.9 Å². The van der Waals surface area contributed by atoms with Crippen LogP contribution in [0.4, 0.5) is 17.1 Å². The molecule has 0 radical (unpaired) electrons. The fourth-order valence-corrected chi connectivity index (χ4v) is 3.12. The maximum Gasteiger partial charge on any atom is 0.259 e. The topological polar surface area (TPSA) is 84.7 Å². The minimum Gasteiger partial charge on any atom is -0.356 e. The Hall–Kier alpha value is -4.00. The zero-order chi connectivity index (χ0) is 21.1. The van der Waals surface area contributed by atoms with Gasteiger partial charge in [-0.3, -0.25) is 4.79 Å². The average Bonchev–Trinajstić information content (AvgIpc) is 3.11. The van der Waals surface area contributed by atoms with Crippen LogP contribution in [0.2, 0.25) is 0 Å². The van der Waals surface area contributed by atoms with Crippen LogP contribution >= 0.6 is 0 Å². The van der Waals surface area contributed by atoms with Gasteiger partial charge in [0.05, 0.1) is 11.3 Å². The molecule has 0 aliphatic heterocycles. The van der Waals surface area contributed by atoms with Crippen molar-refractivity contribution in [1.29, 1.82) is 0 Å². The van der Waals surface area contributed by atoms with Gasteiger partial charge in [0, 0.05) is 34.6 Å². The summed E-state index contributed by atoms with van der Waals surface area (Å²) < 4.78 is 1.54. The van der Waals surface area contributed by atoms with Crippen molar-refractivity contribution in [2.45, 2.75) is 20.8 Å². The molecule has 7 nitrogen and oxygen atoms in total. The number of hydrogen-bond donors (Lipinski definition) is 2. The van der Waals surface area contributed by atoms with Crippen molar-refractivity contribution >= 4 is 23.0 Å². The number of hydrogen-bond acceptors (Lipinski definition) is 5. The van der Waals surface area contributed by atoms with Gasteiger partial charge in [-0.2, -0.15) is 5.10 Å². The maximum atomic E-state index is 12.8. The first-order valence-electron chi connectivity index (χ1n) is 9.60. The minimum atomic E-state index is -0.230. The molecule has 7 heteroatoms. The molecule has 2 heterocycles. The van der Waals surface area contributed by atoms with Gasteiger partial charge in [0.15, 0.2) is 0 Å². The van der Waals surface area contributed by atoms with E-state index < -0.39 is 0 Å². The first-order valence-corrected chi connectivity index (χ1v) is 9.60. The molecular formula is C23H22N6O.